The third-order valence-electron chi connectivity index (χ3n) is 5.05. The first-order valence-electron chi connectivity index (χ1n) is 9.12. The van der Waals surface area contributed by atoms with Gasteiger partial charge in [-0.25, -0.2) is 0 Å². The molecule has 4 nitrogen and oxygen atoms in total. The van der Waals surface area contributed by atoms with Crippen molar-refractivity contribution in [1.29, 1.82) is 5.26 Å². The average Bonchev–Trinajstić information content (AvgIpc) is 2.44. The number of carbonyl (C=O) groups is 1. The normalized spacial score (nSPS) is 23.5. The second kappa shape index (κ2) is 7.47. The van der Waals surface area contributed by atoms with Crippen LogP contribution in [0.25, 0.3) is 0 Å². The molecule has 0 bridgehead atoms. The molecule has 1 aliphatic carbocycles. The maximum absolute atomic E-state index is 12.8. The number of Topliss-reactive ketones (excluding diaryl/α,β-unsaturated/α-hetero) is 1. The molecule has 0 unspecified atom stereocenters. The van der Waals surface area contributed by atoms with Crippen LogP contribution in [0.4, 0.5) is 0 Å². The van der Waals surface area contributed by atoms with Crippen LogP contribution >= 0.6 is 0 Å². The average molecular weight is 342 g/mol. The second-order valence-corrected chi connectivity index (χ2v) is 8.52. The third kappa shape index (κ3) is 4.54. The molecule has 0 radical (unpaired) electrons. The summed E-state index contributed by atoms with van der Waals surface area (Å²) in [4.78, 5) is 12.8. The molecule has 0 aromatic rings. The number of rotatable bonds is 5. The highest BCUT2D eigenvalue weighted by Crippen LogP contribution is 2.46. The molecule has 0 saturated carbocycles. The van der Waals surface area contributed by atoms with Crippen molar-refractivity contribution in [2.24, 2.45) is 23.0 Å². The van der Waals surface area contributed by atoms with E-state index < -0.39 is 0 Å². The summed E-state index contributed by atoms with van der Waals surface area (Å²) < 4.78 is 5.71. The third-order valence-corrected chi connectivity index (χ3v) is 5.05. The lowest BCUT2D eigenvalue weighted by Crippen LogP contribution is -2.34. The van der Waals surface area contributed by atoms with Crippen LogP contribution in [-0.2, 0) is 9.53 Å². The van der Waals surface area contributed by atoms with Crippen LogP contribution in [0.2, 0.25) is 0 Å². The number of ether oxygens (including phenoxy) is 1. The number of allylic oxidation sites excluding steroid dienone is 5. The maximum Gasteiger partial charge on any atom is 0.204 e. The zero-order valence-electron chi connectivity index (χ0n) is 16.1. The molecule has 136 valence electrons. The largest absolute Gasteiger partial charge is 0.444 e. The van der Waals surface area contributed by atoms with Crippen LogP contribution in [0, 0.1) is 28.6 Å². The lowest BCUT2D eigenvalue weighted by Gasteiger charge is -2.37. The summed E-state index contributed by atoms with van der Waals surface area (Å²) in [6.07, 6.45) is 6.22. The van der Waals surface area contributed by atoms with Gasteiger partial charge in [0.2, 0.25) is 5.88 Å². The minimum atomic E-state index is -0.223. The number of nitrogens with two attached hydrogens (primary N) is 1. The summed E-state index contributed by atoms with van der Waals surface area (Å²) in [6.45, 7) is 10.5. The Kier molecular flexibility index (Phi) is 5.77. The Hall–Kier alpha value is -2.02. The number of nitriles is 1. The fraction of sp³-hybridized carbons (Fsp3) is 0.619. The monoisotopic (exact) mass is 342 g/mol. The van der Waals surface area contributed by atoms with Gasteiger partial charge in [-0.05, 0) is 44.4 Å². The first-order chi connectivity index (χ1) is 11.6. The van der Waals surface area contributed by atoms with Gasteiger partial charge in [-0.2, -0.15) is 5.26 Å². The van der Waals surface area contributed by atoms with Crippen LogP contribution in [0.1, 0.15) is 66.7 Å². The molecule has 2 rings (SSSR count). The number of ketones is 1. The molecule has 0 amide bonds. The number of hydrogen-bond acceptors (Lipinski definition) is 4. The van der Waals surface area contributed by atoms with Crippen molar-refractivity contribution in [3.63, 3.8) is 0 Å². The summed E-state index contributed by atoms with van der Waals surface area (Å²) in [6, 6.07) is 2.19. The molecule has 0 spiro atoms. The highest BCUT2D eigenvalue weighted by atomic mass is 16.5. The number of nitrogens with zero attached hydrogens (tertiary/aromatic N) is 1. The second-order valence-electron chi connectivity index (χ2n) is 8.52. The van der Waals surface area contributed by atoms with Gasteiger partial charge in [-0.15, -0.1) is 0 Å². The predicted octanol–water partition coefficient (Wildman–Crippen LogP) is 4.74. The molecule has 1 heterocycles. The minimum absolute atomic E-state index is 0.105. The molecule has 0 saturated heterocycles. The van der Waals surface area contributed by atoms with Crippen molar-refractivity contribution in [3.8, 4) is 6.07 Å². The Bertz CT molecular complexity index is 685. The topological polar surface area (TPSA) is 76.1 Å². The van der Waals surface area contributed by atoms with Crippen LogP contribution in [0.3, 0.4) is 0 Å². The lowest BCUT2D eigenvalue weighted by atomic mass is 9.70. The molecule has 25 heavy (non-hydrogen) atoms. The fourth-order valence-electron chi connectivity index (χ4n) is 3.81. The van der Waals surface area contributed by atoms with E-state index in [9.17, 15) is 10.1 Å². The number of hydrogen-bond donors (Lipinski definition) is 1. The van der Waals surface area contributed by atoms with Crippen molar-refractivity contribution in [1.82, 2.24) is 0 Å². The van der Waals surface area contributed by atoms with E-state index in [2.05, 4.69) is 46.8 Å². The SMILES string of the molecule is CC(C)=CCC[C@@H](C)C[C@H]1C(C#N)=C(N)OC2=C1C(=O)CC(C)(C)C2. The molecule has 0 aromatic heterocycles. The summed E-state index contributed by atoms with van der Waals surface area (Å²) in [5.41, 5.74) is 8.32. The van der Waals surface area contributed by atoms with E-state index in [1.54, 1.807) is 0 Å². The van der Waals surface area contributed by atoms with Crippen LogP contribution < -0.4 is 5.73 Å². The maximum atomic E-state index is 12.8. The Morgan fingerprint density at radius 1 is 1.44 bits per heavy atom. The summed E-state index contributed by atoms with van der Waals surface area (Å²) in [5.74, 6) is 1.13. The standard InChI is InChI=1S/C21H30N2O2/c1-13(2)7-6-8-14(3)9-15-16(12-22)20(23)25-18-11-21(4,5)10-17(24)19(15)18/h7,14-15H,6,8-11,23H2,1-5H3/t14-,15+/m1/s1. The molecule has 1 aliphatic heterocycles. The van der Waals surface area contributed by atoms with Crippen molar-refractivity contribution < 1.29 is 9.53 Å². The van der Waals surface area contributed by atoms with Gasteiger partial charge in [0.05, 0.1) is 5.57 Å². The number of carbonyl (C=O) groups excluding carboxylic acids is 1. The Morgan fingerprint density at radius 3 is 2.72 bits per heavy atom. The van der Waals surface area contributed by atoms with Gasteiger partial charge in [0.15, 0.2) is 5.78 Å². The quantitative estimate of drug-likeness (QED) is 0.732. The zero-order chi connectivity index (χ0) is 18.8. The van der Waals surface area contributed by atoms with Gasteiger partial charge < -0.3 is 10.5 Å². The van der Waals surface area contributed by atoms with Crippen molar-refractivity contribution >= 4 is 5.78 Å². The summed E-state index contributed by atoms with van der Waals surface area (Å²) in [5, 5.41) is 9.56. The van der Waals surface area contributed by atoms with E-state index in [1.165, 1.54) is 5.57 Å². The molecule has 2 N–H and O–H groups in total. The van der Waals surface area contributed by atoms with Crippen LogP contribution in [-0.4, -0.2) is 5.78 Å². The van der Waals surface area contributed by atoms with Gasteiger partial charge in [0.1, 0.15) is 11.8 Å². The van der Waals surface area contributed by atoms with E-state index in [-0.39, 0.29) is 23.0 Å². The van der Waals surface area contributed by atoms with E-state index in [1.807, 2.05) is 0 Å². The van der Waals surface area contributed by atoms with E-state index in [0.717, 1.165) is 19.3 Å². The van der Waals surface area contributed by atoms with E-state index >= 15 is 0 Å². The smallest absolute Gasteiger partial charge is 0.204 e. The molecular weight excluding hydrogens is 312 g/mol. The first-order valence-corrected chi connectivity index (χ1v) is 9.12. The summed E-state index contributed by atoms with van der Waals surface area (Å²) >= 11 is 0. The van der Waals surface area contributed by atoms with E-state index in [4.69, 9.17) is 10.5 Å². The molecular formula is C21H30N2O2. The Labute approximate surface area is 151 Å². The fourth-order valence-corrected chi connectivity index (χ4v) is 3.81. The van der Waals surface area contributed by atoms with Gasteiger partial charge in [-0.1, -0.05) is 32.4 Å². The van der Waals surface area contributed by atoms with Gasteiger partial charge >= 0.3 is 0 Å². The highest BCUT2D eigenvalue weighted by Gasteiger charge is 2.42. The van der Waals surface area contributed by atoms with Crippen LogP contribution in [0.15, 0.2) is 34.4 Å². The van der Waals surface area contributed by atoms with Gasteiger partial charge in [-0.3, -0.25) is 4.79 Å². The van der Waals surface area contributed by atoms with E-state index in [0.29, 0.717) is 35.7 Å². The first kappa shape index (κ1) is 19.3. The Morgan fingerprint density at radius 2 is 2.12 bits per heavy atom. The zero-order valence-corrected chi connectivity index (χ0v) is 16.1. The van der Waals surface area contributed by atoms with Crippen LogP contribution in [0.5, 0.6) is 0 Å². The highest BCUT2D eigenvalue weighted by molar-refractivity contribution is 5.98. The Balaban J connectivity index is 2.26. The molecule has 2 atom stereocenters. The molecule has 0 aromatic carbocycles. The van der Waals surface area contributed by atoms with Crippen molar-refractivity contribution in [3.05, 3.63) is 34.4 Å². The van der Waals surface area contributed by atoms with Gasteiger partial charge in [0.25, 0.3) is 0 Å². The van der Waals surface area contributed by atoms with Crippen molar-refractivity contribution in [2.45, 2.75) is 66.7 Å². The lowest BCUT2D eigenvalue weighted by molar-refractivity contribution is -0.119. The summed E-state index contributed by atoms with van der Waals surface area (Å²) in [7, 11) is 0. The minimum Gasteiger partial charge on any atom is -0.444 e. The molecule has 0 fully saturated rings. The molecule has 2 aliphatic rings. The van der Waals surface area contributed by atoms with Crippen molar-refractivity contribution in [2.75, 3.05) is 0 Å². The van der Waals surface area contributed by atoms with Gasteiger partial charge in [0, 0.05) is 24.3 Å². The predicted molar refractivity (Wildman–Crippen MR) is 98.9 cm³/mol. The molecule has 4 heteroatoms.